The van der Waals surface area contributed by atoms with Crippen LogP contribution in [0.15, 0.2) is 30.5 Å². The van der Waals surface area contributed by atoms with Crippen LogP contribution in [0, 0.1) is 12.7 Å². The van der Waals surface area contributed by atoms with Gasteiger partial charge < -0.3 is 10.6 Å². The lowest BCUT2D eigenvalue weighted by molar-refractivity contribution is 0.102. The number of nitrogens with zero attached hydrogens (tertiary/aromatic N) is 2. The number of halogens is 2. The van der Waals surface area contributed by atoms with Gasteiger partial charge in [0.2, 0.25) is 0 Å². The van der Waals surface area contributed by atoms with E-state index in [1.807, 2.05) is 10.9 Å². The summed E-state index contributed by atoms with van der Waals surface area (Å²) >= 11 is 0. The van der Waals surface area contributed by atoms with E-state index in [4.69, 9.17) is 0 Å². The van der Waals surface area contributed by atoms with Crippen LogP contribution < -0.4 is 10.6 Å². The van der Waals surface area contributed by atoms with Gasteiger partial charge in [-0.15, -0.1) is 12.4 Å². The average molecular weight is 339 g/mol. The lowest BCUT2D eigenvalue weighted by Gasteiger charge is -2.22. The maximum Gasteiger partial charge on any atom is 0.276 e. The van der Waals surface area contributed by atoms with Crippen LogP contribution in [0.1, 0.15) is 34.9 Å². The van der Waals surface area contributed by atoms with Crippen molar-refractivity contribution in [2.24, 2.45) is 0 Å². The maximum atomic E-state index is 13.5. The fourth-order valence-electron chi connectivity index (χ4n) is 2.59. The number of amides is 1. The highest BCUT2D eigenvalue weighted by atomic mass is 35.5. The van der Waals surface area contributed by atoms with E-state index in [1.54, 1.807) is 25.1 Å². The molecule has 23 heavy (non-hydrogen) atoms. The van der Waals surface area contributed by atoms with Crippen molar-refractivity contribution in [2.45, 2.75) is 25.8 Å². The number of rotatable bonds is 3. The molecule has 1 saturated heterocycles. The second kappa shape index (κ2) is 7.57. The molecule has 0 spiro atoms. The third kappa shape index (κ3) is 4.09. The van der Waals surface area contributed by atoms with E-state index in [-0.39, 0.29) is 30.2 Å². The van der Waals surface area contributed by atoms with Crippen LogP contribution in [-0.4, -0.2) is 28.8 Å². The quantitative estimate of drug-likeness (QED) is 0.904. The third-order valence-electron chi connectivity index (χ3n) is 3.92. The van der Waals surface area contributed by atoms with Gasteiger partial charge in [-0.1, -0.05) is 6.07 Å². The van der Waals surface area contributed by atoms with Gasteiger partial charge >= 0.3 is 0 Å². The zero-order valence-corrected chi connectivity index (χ0v) is 13.7. The van der Waals surface area contributed by atoms with E-state index in [2.05, 4.69) is 15.7 Å². The molecule has 5 nitrogen and oxygen atoms in total. The summed E-state index contributed by atoms with van der Waals surface area (Å²) in [5, 5.41) is 10.3. The van der Waals surface area contributed by atoms with Crippen molar-refractivity contribution < 1.29 is 9.18 Å². The normalized spacial score (nSPS) is 17.4. The smallest absolute Gasteiger partial charge is 0.276 e. The summed E-state index contributed by atoms with van der Waals surface area (Å²) in [6, 6.07) is 6.60. The Balaban J connectivity index is 0.00000192. The first-order valence-electron chi connectivity index (χ1n) is 7.47. The Morgan fingerprint density at radius 3 is 2.96 bits per heavy atom. The average Bonchev–Trinajstić information content (AvgIpc) is 3.02. The molecule has 0 saturated carbocycles. The van der Waals surface area contributed by atoms with E-state index >= 15 is 0 Å². The Labute approximate surface area is 140 Å². The highest BCUT2D eigenvalue weighted by molar-refractivity contribution is 6.02. The zero-order chi connectivity index (χ0) is 15.5. The molecule has 7 heteroatoms. The molecule has 1 amide bonds. The van der Waals surface area contributed by atoms with Crippen molar-refractivity contribution in [1.29, 1.82) is 0 Å². The van der Waals surface area contributed by atoms with Crippen LogP contribution in [0.3, 0.4) is 0 Å². The number of carbonyl (C=O) groups is 1. The minimum atomic E-state index is -0.336. The molecule has 1 aromatic heterocycles. The fraction of sp³-hybridized carbons (Fsp3) is 0.375. The minimum Gasteiger partial charge on any atom is -0.320 e. The number of hydrogen-bond acceptors (Lipinski definition) is 3. The van der Waals surface area contributed by atoms with E-state index in [1.165, 1.54) is 6.07 Å². The molecule has 2 heterocycles. The second-order valence-corrected chi connectivity index (χ2v) is 5.60. The van der Waals surface area contributed by atoms with Gasteiger partial charge in [0.05, 0.1) is 6.04 Å². The third-order valence-corrected chi connectivity index (χ3v) is 3.92. The molecule has 1 aromatic carbocycles. The molecule has 1 atom stereocenters. The van der Waals surface area contributed by atoms with Gasteiger partial charge in [-0.2, -0.15) is 5.10 Å². The van der Waals surface area contributed by atoms with Crippen molar-refractivity contribution in [1.82, 2.24) is 15.1 Å². The lowest BCUT2D eigenvalue weighted by Crippen LogP contribution is -2.32. The summed E-state index contributed by atoms with van der Waals surface area (Å²) in [6.45, 7) is 3.58. The maximum absolute atomic E-state index is 13.5. The Kier molecular flexibility index (Phi) is 5.74. The number of nitrogens with one attached hydrogen (secondary N) is 2. The molecular weight excluding hydrogens is 319 g/mol. The summed E-state index contributed by atoms with van der Waals surface area (Å²) in [6.07, 6.45) is 3.98. The highest BCUT2D eigenvalue weighted by Gasteiger charge is 2.17. The summed E-state index contributed by atoms with van der Waals surface area (Å²) in [5.41, 5.74) is 1.32. The molecular formula is C16H20ClFN4O. The topological polar surface area (TPSA) is 59.0 Å². The first kappa shape index (κ1) is 17.4. The lowest BCUT2D eigenvalue weighted by atomic mass is 10.1. The van der Waals surface area contributed by atoms with Crippen molar-refractivity contribution >= 4 is 24.0 Å². The Bertz CT molecular complexity index is 682. The van der Waals surface area contributed by atoms with Crippen LogP contribution in [0.25, 0.3) is 0 Å². The van der Waals surface area contributed by atoms with E-state index in [0.29, 0.717) is 16.9 Å². The Morgan fingerprint density at radius 1 is 1.43 bits per heavy atom. The second-order valence-electron chi connectivity index (χ2n) is 5.60. The molecule has 124 valence electrons. The largest absolute Gasteiger partial charge is 0.320 e. The first-order valence-corrected chi connectivity index (χ1v) is 7.47. The van der Waals surface area contributed by atoms with Gasteiger partial charge in [0.25, 0.3) is 5.91 Å². The zero-order valence-electron chi connectivity index (χ0n) is 12.9. The summed E-state index contributed by atoms with van der Waals surface area (Å²) in [4.78, 5) is 12.2. The molecule has 3 rings (SSSR count). The number of aryl methyl sites for hydroxylation is 1. The van der Waals surface area contributed by atoms with Crippen LogP contribution >= 0.6 is 12.4 Å². The molecule has 1 fully saturated rings. The Hall–Kier alpha value is -1.92. The van der Waals surface area contributed by atoms with Gasteiger partial charge in [-0.25, -0.2) is 4.39 Å². The van der Waals surface area contributed by atoms with E-state index in [0.717, 1.165) is 25.9 Å². The number of aromatic nitrogens is 2. The first-order chi connectivity index (χ1) is 10.6. The molecule has 1 unspecified atom stereocenters. The van der Waals surface area contributed by atoms with Gasteiger partial charge in [0, 0.05) is 18.4 Å². The predicted molar refractivity (Wildman–Crippen MR) is 89.7 cm³/mol. The molecule has 2 N–H and O–H groups in total. The van der Waals surface area contributed by atoms with Crippen LogP contribution in [0.2, 0.25) is 0 Å². The van der Waals surface area contributed by atoms with Crippen molar-refractivity contribution in [2.75, 3.05) is 18.4 Å². The molecule has 0 aliphatic carbocycles. The monoisotopic (exact) mass is 338 g/mol. The molecule has 0 radical (unpaired) electrons. The number of benzene rings is 1. The van der Waals surface area contributed by atoms with Crippen molar-refractivity contribution in [3.8, 4) is 0 Å². The van der Waals surface area contributed by atoms with Crippen LogP contribution in [0.5, 0.6) is 0 Å². The van der Waals surface area contributed by atoms with Gasteiger partial charge in [0.1, 0.15) is 5.82 Å². The molecule has 1 aliphatic rings. The Morgan fingerprint density at radius 2 is 2.26 bits per heavy atom. The molecule has 1 aliphatic heterocycles. The van der Waals surface area contributed by atoms with Crippen LogP contribution in [-0.2, 0) is 0 Å². The van der Waals surface area contributed by atoms with E-state index < -0.39 is 0 Å². The minimum absolute atomic E-state index is 0. The summed E-state index contributed by atoms with van der Waals surface area (Å²) in [7, 11) is 0. The number of hydrogen-bond donors (Lipinski definition) is 2. The SMILES string of the molecule is Cc1ccc(NC(=O)c2ccn(C3CCCNC3)n2)cc1F.Cl. The molecule has 2 aromatic rings. The predicted octanol–water partition coefficient (Wildman–Crippen LogP) is 2.93. The highest BCUT2D eigenvalue weighted by Crippen LogP contribution is 2.17. The van der Waals surface area contributed by atoms with Gasteiger partial charge in [-0.05, 0) is 50.1 Å². The van der Waals surface area contributed by atoms with Gasteiger partial charge in [-0.3, -0.25) is 9.48 Å². The van der Waals surface area contributed by atoms with Gasteiger partial charge in [0.15, 0.2) is 5.69 Å². The summed E-state index contributed by atoms with van der Waals surface area (Å²) in [5.74, 6) is -0.664. The fourth-order valence-corrected chi connectivity index (χ4v) is 2.59. The summed E-state index contributed by atoms with van der Waals surface area (Å²) < 4.78 is 15.3. The molecule has 0 bridgehead atoms. The number of carbonyl (C=O) groups excluding carboxylic acids is 1. The standard InChI is InChI=1S/C16H19FN4O.ClH/c1-11-4-5-12(9-14(11)17)19-16(22)15-6-8-21(20-15)13-3-2-7-18-10-13;/h4-6,8-9,13,18H,2-3,7,10H2,1H3,(H,19,22);1H. The number of anilines is 1. The number of piperidine rings is 1. The van der Waals surface area contributed by atoms with Crippen LogP contribution in [0.4, 0.5) is 10.1 Å². The van der Waals surface area contributed by atoms with E-state index in [9.17, 15) is 9.18 Å². The van der Waals surface area contributed by atoms with Crippen molar-refractivity contribution in [3.63, 3.8) is 0 Å². The van der Waals surface area contributed by atoms with Crippen molar-refractivity contribution in [3.05, 3.63) is 47.5 Å².